The topological polar surface area (TPSA) is 113 Å². The molecule has 7 nitrogen and oxygen atoms in total. The highest BCUT2D eigenvalue weighted by molar-refractivity contribution is 7.91. The first kappa shape index (κ1) is 14.7. The number of sulfone groups is 1. The van der Waals surface area contributed by atoms with Crippen LogP contribution in [0.25, 0.3) is 0 Å². The van der Waals surface area contributed by atoms with Crippen molar-refractivity contribution in [1.82, 2.24) is 10.6 Å². The highest BCUT2D eigenvalue weighted by Crippen LogP contribution is 2.17. The maximum atomic E-state index is 11.4. The van der Waals surface area contributed by atoms with Gasteiger partial charge in [-0.3, -0.25) is 0 Å². The molecule has 0 aromatic heterocycles. The van der Waals surface area contributed by atoms with E-state index in [2.05, 4.69) is 10.6 Å². The fourth-order valence-corrected chi connectivity index (χ4v) is 3.68. The lowest BCUT2D eigenvalue weighted by atomic mass is 10.1. The number of carboxylic acids is 1. The van der Waals surface area contributed by atoms with Crippen LogP contribution < -0.4 is 10.6 Å². The van der Waals surface area contributed by atoms with Crippen LogP contribution in [0.15, 0.2) is 0 Å². The molecule has 2 amide bonds. The summed E-state index contributed by atoms with van der Waals surface area (Å²) < 4.78 is 22.4. The summed E-state index contributed by atoms with van der Waals surface area (Å²) in [6.45, 7) is 1.91. The van der Waals surface area contributed by atoms with E-state index in [-0.39, 0.29) is 24.0 Å². The van der Waals surface area contributed by atoms with Crippen LogP contribution in [0.1, 0.15) is 19.8 Å². The minimum absolute atomic E-state index is 0.0781. The van der Waals surface area contributed by atoms with Crippen molar-refractivity contribution >= 4 is 21.8 Å². The van der Waals surface area contributed by atoms with Gasteiger partial charge in [-0.25, -0.2) is 18.0 Å². The standard InChI is InChI=1S/C10H18N2O5S/c1-2-8(9(13)14)12-10(15)11-5-7-3-4-18(16,17)6-7/h7-8H,2-6H2,1H3,(H,13,14)(H2,11,12,15)/t7?,8-/m1/s1. The summed E-state index contributed by atoms with van der Waals surface area (Å²) in [5, 5.41) is 13.6. The normalized spacial score (nSPS) is 23.3. The van der Waals surface area contributed by atoms with Gasteiger partial charge in [0.05, 0.1) is 11.5 Å². The van der Waals surface area contributed by atoms with E-state index in [0.29, 0.717) is 12.8 Å². The van der Waals surface area contributed by atoms with Crippen molar-refractivity contribution < 1.29 is 23.1 Å². The molecule has 0 radical (unpaired) electrons. The smallest absolute Gasteiger partial charge is 0.326 e. The van der Waals surface area contributed by atoms with Gasteiger partial charge in [0.25, 0.3) is 0 Å². The Balaban J connectivity index is 2.32. The van der Waals surface area contributed by atoms with Gasteiger partial charge in [0.1, 0.15) is 6.04 Å². The van der Waals surface area contributed by atoms with Crippen molar-refractivity contribution in [2.75, 3.05) is 18.1 Å². The number of carbonyl (C=O) groups excluding carboxylic acids is 1. The van der Waals surface area contributed by atoms with E-state index in [0.717, 1.165) is 0 Å². The molecule has 1 rings (SSSR count). The van der Waals surface area contributed by atoms with E-state index in [4.69, 9.17) is 5.11 Å². The lowest BCUT2D eigenvalue weighted by Crippen LogP contribution is -2.46. The minimum Gasteiger partial charge on any atom is -0.480 e. The zero-order valence-corrected chi connectivity index (χ0v) is 11.0. The lowest BCUT2D eigenvalue weighted by Gasteiger charge is -2.14. The van der Waals surface area contributed by atoms with Crippen molar-refractivity contribution in [1.29, 1.82) is 0 Å². The summed E-state index contributed by atoms with van der Waals surface area (Å²) in [5.74, 6) is -0.918. The van der Waals surface area contributed by atoms with Crippen molar-refractivity contribution in [3.05, 3.63) is 0 Å². The number of hydrogen-bond acceptors (Lipinski definition) is 4. The molecule has 0 bridgehead atoms. The molecule has 1 heterocycles. The van der Waals surface area contributed by atoms with Crippen LogP contribution in [0, 0.1) is 5.92 Å². The second-order valence-corrected chi connectivity index (χ2v) is 6.65. The molecule has 18 heavy (non-hydrogen) atoms. The highest BCUT2D eigenvalue weighted by Gasteiger charge is 2.28. The van der Waals surface area contributed by atoms with Crippen LogP contribution in [0.2, 0.25) is 0 Å². The number of hydrogen-bond donors (Lipinski definition) is 3. The molecule has 2 atom stereocenters. The van der Waals surface area contributed by atoms with Gasteiger partial charge in [-0.2, -0.15) is 0 Å². The maximum Gasteiger partial charge on any atom is 0.326 e. The fraction of sp³-hybridized carbons (Fsp3) is 0.800. The third-order valence-electron chi connectivity index (χ3n) is 2.89. The Kier molecular flexibility index (Phi) is 4.94. The highest BCUT2D eigenvalue weighted by atomic mass is 32.2. The first-order chi connectivity index (χ1) is 8.34. The number of carboxylic acid groups (broad SMARTS) is 1. The first-order valence-corrected chi connectivity index (χ1v) is 7.63. The van der Waals surface area contributed by atoms with Crippen molar-refractivity contribution in [3.8, 4) is 0 Å². The summed E-state index contributed by atoms with van der Waals surface area (Å²) in [5.41, 5.74) is 0. The molecular weight excluding hydrogens is 260 g/mol. The van der Waals surface area contributed by atoms with E-state index in [1.54, 1.807) is 6.92 Å². The molecule has 1 saturated heterocycles. The number of rotatable bonds is 5. The maximum absolute atomic E-state index is 11.4. The summed E-state index contributed by atoms with van der Waals surface area (Å²) >= 11 is 0. The van der Waals surface area contributed by atoms with Crippen molar-refractivity contribution in [2.45, 2.75) is 25.8 Å². The van der Waals surface area contributed by atoms with Gasteiger partial charge >= 0.3 is 12.0 Å². The molecule has 3 N–H and O–H groups in total. The van der Waals surface area contributed by atoms with Gasteiger partial charge in [0.2, 0.25) is 0 Å². The summed E-state index contributed by atoms with van der Waals surface area (Å²) in [7, 11) is -2.95. The van der Waals surface area contributed by atoms with Crippen LogP contribution in [-0.2, 0) is 14.6 Å². The summed E-state index contributed by atoms with van der Waals surface area (Å²) in [4.78, 5) is 22.1. The Hall–Kier alpha value is -1.31. The predicted molar refractivity (Wildman–Crippen MR) is 65.0 cm³/mol. The third kappa shape index (κ3) is 4.52. The first-order valence-electron chi connectivity index (χ1n) is 5.81. The Morgan fingerprint density at radius 2 is 2.11 bits per heavy atom. The van der Waals surface area contributed by atoms with Crippen LogP contribution >= 0.6 is 0 Å². The second-order valence-electron chi connectivity index (χ2n) is 4.42. The largest absolute Gasteiger partial charge is 0.480 e. The zero-order chi connectivity index (χ0) is 13.8. The minimum atomic E-state index is -2.95. The predicted octanol–water partition coefficient (Wildman–Crippen LogP) is -0.416. The molecule has 0 saturated carbocycles. The van der Waals surface area contributed by atoms with E-state index in [1.807, 2.05) is 0 Å². The Morgan fingerprint density at radius 1 is 1.44 bits per heavy atom. The van der Waals surface area contributed by atoms with Crippen LogP contribution in [0.4, 0.5) is 4.79 Å². The molecule has 104 valence electrons. The van der Waals surface area contributed by atoms with Crippen LogP contribution in [0.5, 0.6) is 0 Å². The molecule has 1 unspecified atom stereocenters. The SMILES string of the molecule is CC[C@@H](NC(=O)NCC1CCS(=O)(=O)C1)C(=O)O. The number of carbonyl (C=O) groups is 2. The average Bonchev–Trinajstić information content (AvgIpc) is 2.62. The molecule has 0 spiro atoms. The molecule has 1 fully saturated rings. The Morgan fingerprint density at radius 3 is 2.56 bits per heavy atom. The molecule has 1 aliphatic heterocycles. The van der Waals surface area contributed by atoms with Gasteiger partial charge in [-0.15, -0.1) is 0 Å². The van der Waals surface area contributed by atoms with E-state index < -0.39 is 27.9 Å². The zero-order valence-electron chi connectivity index (χ0n) is 10.2. The van der Waals surface area contributed by atoms with E-state index in [1.165, 1.54) is 0 Å². The Bertz CT molecular complexity index is 420. The summed E-state index contributed by atoms with van der Waals surface area (Å²) in [6, 6.07) is -1.49. The number of amides is 2. The van der Waals surface area contributed by atoms with Crippen molar-refractivity contribution in [3.63, 3.8) is 0 Å². The average molecular weight is 278 g/mol. The van der Waals surface area contributed by atoms with Crippen molar-refractivity contribution in [2.24, 2.45) is 5.92 Å². The van der Waals surface area contributed by atoms with Crippen LogP contribution in [0.3, 0.4) is 0 Å². The molecule has 1 aliphatic rings. The molecule has 0 aromatic rings. The number of aliphatic carboxylic acids is 1. The second kappa shape index (κ2) is 6.03. The van der Waals surface area contributed by atoms with Gasteiger partial charge < -0.3 is 15.7 Å². The van der Waals surface area contributed by atoms with Gasteiger partial charge in [0.15, 0.2) is 9.84 Å². The quantitative estimate of drug-likeness (QED) is 0.632. The third-order valence-corrected chi connectivity index (χ3v) is 4.73. The van der Waals surface area contributed by atoms with E-state index in [9.17, 15) is 18.0 Å². The number of urea groups is 1. The molecule has 0 aromatic carbocycles. The van der Waals surface area contributed by atoms with Crippen LogP contribution in [-0.4, -0.2) is 49.6 Å². The molecular formula is C10H18N2O5S. The van der Waals surface area contributed by atoms with Gasteiger partial charge in [-0.1, -0.05) is 6.92 Å². The monoisotopic (exact) mass is 278 g/mol. The lowest BCUT2D eigenvalue weighted by molar-refractivity contribution is -0.139. The van der Waals surface area contributed by atoms with E-state index >= 15 is 0 Å². The van der Waals surface area contributed by atoms with Gasteiger partial charge in [0, 0.05) is 6.54 Å². The summed E-state index contributed by atoms with van der Waals surface area (Å²) in [6.07, 6.45) is 0.833. The number of nitrogens with one attached hydrogen (secondary N) is 2. The fourth-order valence-electron chi connectivity index (χ4n) is 1.82. The molecule has 0 aliphatic carbocycles. The molecule has 8 heteroatoms. The van der Waals surface area contributed by atoms with Gasteiger partial charge in [-0.05, 0) is 18.8 Å². The Labute approximate surface area is 106 Å².